The van der Waals surface area contributed by atoms with Crippen LogP contribution >= 0.6 is 0 Å². The second-order valence-corrected chi connectivity index (χ2v) is 2.62. The lowest BCUT2D eigenvalue weighted by Crippen LogP contribution is -2.47. The number of rotatable bonds is 1. The van der Waals surface area contributed by atoms with Crippen LogP contribution in [0.1, 0.15) is 13.8 Å². The number of carbonyl (C=O) groups excluding carboxylic acids is 1. The molecule has 10 heavy (non-hydrogen) atoms. The largest absolute Gasteiger partial charge is 0.285 e. The van der Waals surface area contributed by atoms with Gasteiger partial charge in [0, 0.05) is 18.7 Å². The third-order valence-corrected chi connectivity index (χ3v) is 1.45. The van der Waals surface area contributed by atoms with Crippen LogP contribution in [0.3, 0.4) is 0 Å². The Labute approximate surface area is 60.7 Å². The highest BCUT2D eigenvalue weighted by Crippen LogP contribution is 1.97. The van der Waals surface area contributed by atoms with Gasteiger partial charge in [-0.2, -0.15) is 0 Å². The Morgan fingerprint density at radius 3 is 2.80 bits per heavy atom. The van der Waals surface area contributed by atoms with Crippen LogP contribution in [-0.4, -0.2) is 23.5 Å². The molecule has 0 saturated carbocycles. The van der Waals surface area contributed by atoms with Gasteiger partial charge in [0.25, 0.3) is 5.91 Å². The fraction of sp³-hybridized carbons (Fsp3) is 0.571. The molecule has 0 radical (unpaired) electrons. The molecule has 0 aromatic heterocycles. The van der Waals surface area contributed by atoms with Crippen molar-refractivity contribution >= 4 is 5.91 Å². The first kappa shape index (κ1) is 7.28. The Bertz CT molecular complexity index is 163. The van der Waals surface area contributed by atoms with Crippen molar-refractivity contribution < 1.29 is 4.79 Å². The van der Waals surface area contributed by atoms with Crippen molar-refractivity contribution in [2.75, 3.05) is 6.54 Å². The summed E-state index contributed by atoms with van der Waals surface area (Å²) in [6, 6.07) is 0.369. The van der Waals surface area contributed by atoms with Crippen molar-refractivity contribution in [3.05, 3.63) is 12.2 Å². The predicted molar refractivity (Wildman–Crippen MR) is 39.1 cm³/mol. The first-order chi connectivity index (χ1) is 4.70. The van der Waals surface area contributed by atoms with Crippen molar-refractivity contribution in [1.29, 1.82) is 0 Å². The molecule has 1 amide bonds. The van der Waals surface area contributed by atoms with Crippen molar-refractivity contribution in [3.63, 3.8) is 0 Å². The van der Waals surface area contributed by atoms with E-state index in [1.54, 1.807) is 6.08 Å². The lowest BCUT2D eigenvalue weighted by atomic mass is 10.3. The molecule has 56 valence electrons. The molecule has 1 N–H and O–H groups in total. The summed E-state index contributed by atoms with van der Waals surface area (Å²) >= 11 is 0. The molecule has 0 fully saturated rings. The van der Waals surface area contributed by atoms with Crippen LogP contribution in [0, 0.1) is 0 Å². The molecule has 0 bridgehead atoms. The van der Waals surface area contributed by atoms with Crippen LogP contribution in [0.15, 0.2) is 12.2 Å². The van der Waals surface area contributed by atoms with Gasteiger partial charge in [-0.3, -0.25) is 10.2 Å². The van der Waals surface area contributed by atoms with Gasteiger partial charge in [0.05, 0.1) is 0 Å². The van der Waals surface area contributed by atoms with E-state index in [9.17, 15) is 4.79 Å². The molecule has 3 nitrogen and oxygen atoms in total. The summed E-state index contributed by atoms with van der Waals surface area (Å²) in [7, 11) is 0. The zero-order valence-electron chi connectivity index (χ0n) is 6.29. The Kier molecular flexibility index (Phi) is 2.06. The predicted octanol–water partition coefficient (Wildman–Crippen LogP) is 0.298. The molecule has 0 spiro atoms. The molecular weight excluding hydrogens is 128 g/mol. The Morgan fingerprint density at radius 1 is 1.70 bits per heavy atom. The van der Waals surface area contributed by atoms with E-state index in [4.69, 9.17) is 0 Å². The van der Waals surface area contributed by atoms with Crippen LogP contribution in [-0.2, 0) is 4.79 Å². The first-order valence-corrected chi connectivity index (χ1v) is 3.44. The Morgan fingerprint density at radius 2 is 2.40 bits per heavy atom. The maximum absolute atomic E-state index is 10.7. The molecule has 1 heterocycles. The number of carbonyl (C=O) groups is 1. The van der Waals surface area contributed by atoms with Gasteiger partial charge >= 0.3 is 0 Å². The van der Waals surface area contributed by atoms with Gasteiger partial charge < -0.3 is 0 Å². The second-order valence-electron chi connectivity index (χ2n) is 2.62. The molecule has 1 aliphatic rings. The molecule has 0 unspecified atom stereocenters. The highest BCUT2D eigenvalue weighted by atomic mass is 16.2. The van der Waals surface area contributed by atoms with Gasteiger partial charge in [0.15, 0.2) is 0 Å². The minimum atomic E-state index is -0.0278. The van der Waals surface area contributed by atoms with Gasteiger partial charge in [0.1, 0.15) is 0 Å². The standard InChI is InChI=1S/C7H12N2O/c1-6(2)9-5-3-4-7(10)8-9/h3-4,6H,5H2,1-2H3,(H,8,10). The zero-order valence-corrected chi connectivity index (χ0v) is 6.29. The van der Waals surface area contributed by atoms with Gasteiger partial charge in [-0.1, -0.05) is 6.08 Å². The average Bonchev–Trinajstić information content (AvgIpc) is 1.88. The lowest BCUT2D eigenvalue weighted by molar-refractivity contribution is -0.122. The number of hydrogen-bond acceptors (Lipinski definition) is 2. The zero-order chi connectivity index (χ0) is 7.56. The molecule has 0 aromatic rings. The molecule has 0 saturated heterocycles. The number of amides is 1. The smallest absolute Gasteiger partial charge is 0.258 e. The highest BCUT2D eigenvalue weighted by molar-refractivity contribution is 5.87. The summed E-state index contributed by atoms with van der Waals surface area (Å²) in [5.41, 5.74) is 2.72. The van der Waals surface area contributed by atoms with Gasteiger partial charge in [-0.15, -0.1) is 0 Å². The Hall–Kier alpha value is -0.830. The molecule has 0 aliphatic carbocycles. The minimum absolute atomic E-state index is 0.0278. The van der Waals surface area contributed by atoms with Crippen LogP contribution in [0.4, 0.5) is 0 Å². The summed E-state index contributed by atoms with van der Waals surface area (Å²) in [6.07, 6.45) is 3.41. The average molecular weight is 140 g/mol. The van der Waals surface area contributed by atoms with Crippen molar-refractivity contribution in [3.8, 4) is 0 Å². The number of hydrogen-bond donors (Lipinski definition) is 1. The van der Waals surface area contributed by atoms with Crippen LogP contribution in [0.25, 0.3) is 0 Å². The third-order valence-electron chi connectivity index (χ3n) is 1.45. The quantitative estimate of drug-likeness (QED) is 0.568. The van der Waals surface area contributed by atoms with Gasteiger partial charge in [-0.25, -0.2) is 5.01 Å². The molecule has 3 heteroatoms. The third kappa shape index (κ3) is 1.57. The first-order valence-electron chi connectivity index (χ1n) is 3.44. The highest BCUT2D eigenvalue weighted by Gasteiger charge is 2.12. The van der Waals surface area contributed by atoms with Crippen molar-refractivity contribution in [2.24, 2.45) is 0 Å². The topological polar surface area (TPSA) is 32.3 Å². The van der Waals surface area contributed by atoms with Crippen molar-refractivity contribution in [1.82, 2.24) is 10.4 Å². The van der Waals surface area contributed by atoms with Gasteiger partial charge in [-0.05, 0) is 13.8 Å². The maximum Gasteiger partial charge on any atom is 0.258 e. The van der Waals surface area contributed by atoms with E-state index < -0.39 is 0 Å². The SMILES string of the molecule is CC(C)N1CC=CC(=O)N1. The Balaban J connectivity index is 2.52. The lowest BCUT2D eigenvalue weighted by Gasteiger charge is -2.27. The number of nitrogens with one attached hydrogen (secondary N) is 1. The van der Waals surface area contributed by atoms with Crippen LogP contribution < -0.4 is 5.43 Å². The number of nitrogens with zero attached hydrogens (tertiary/aromatic N) is 1. The molecule has 1 rings (SSSR count). The monoisotopic (exact) mass is 140 g/mol. The summed E-state index contributed by atoms with van der Waals surface area (Å²) in [5.74, 6) is -0.0278. The fourth-order valence-electron chi connectivity index (χ4n) is 0.838. The molecule has 1 aliphatic heterocycles. The van der Waals surface area contributed by atoms with Gasteiger partial charge in [0.2, 0.25) is 0 Å². The fourth-order valence-corrected chi connectivity index (χ4v) is 0.838. The second kappa shape index (κ2) is 2.84. The van der Waals surface area contributed by atoms with E-state index in [-0.39, 0.29) is 5.91 Å². The van der Waals surface area contributed by atoms with E-state index >= 15 is 0 Å². The summed E-state index contributed by atoms with van der Waals surface area (Å²) in [4.78, 5) is 10.7. The minimum Gasteiger partial charge on any atom is -0.285 e. The normalized spacial score (nSPS) is 19.7. The van der Waals surface area contributed by atoms with E-state index in [2.05, 4.69) is 5.43 Å². The summed E-state index contributed by atoms with van der Waals surface area (Å²) in [5, 5.41) is 1.89. The number of hydrazine groups is 1. The molecule has 0 aromatic carbocycles. The van der Waals surface area contributed by atoms with E-state index in [0.29, 0.717) is 6.04 Å². The van der Waals surface area contributed by atoms with E-state index in [1.807, 2.05) is 24.9 Å². The van der Waals surface area contributed by atoms with E-state index in [0.717, 1.165) is 6.54 Å². The van der Waals surface area contributed by atoms with Crippen LogP contribution in [0.2, 0.25) is 0 Å². The maximum atomic E-state index is 10.7. The van der Waals surface area contributed by atoms with Crippen LogP contribution in [0.5, 0.6) is 0 Å². The summed E-state index contributed by atoms with van der Waals surface area (Å²) in [6.45, 7) is 4.89. The van der Waals surface area contributed by atoms with Crippen molar-refractivity contribution in [2.45, 2.75) is 19.9 Å². The van der Waals surface area contributed by atoms with E-state index in [1.165, 1.54) is 0 Å². The molecular formula is C7H12N2O. The molecule has 0 atom stereocenters. The summed E-state index contributed by atoms with van der Waals surface area (Å²) < 4.78 is 0.